The van der Waals surface area contributed by atoms with Crippen molar-refractivity contribution in [2.45, 2.75) is 13.5 Å². The Labute approximate surface area is 109 Å². The zero-order valence-electron chi connectivity index (χ0n) is 9.88. The number of hydrogen-bond donors (Lipinski definition) is 1. The van der Waals surface area contributed by atoms with Gasteiger partial charge in [-0.05, 0) is 19.1 Å². The lowest BCUT2D eigenvalue weighted by Crippen LogP contribution is -2.22. The van der Waals surface area contributed by atoms with E-state index in [1.54, 1.807) is 6.07 Å². The highest BCUT2D eigenvalue weighted by molar-refractivity contribution is 7.10. The van der Waals surface area contributed by atoms with Crippen molar-refractivity contribution in [1.29, 1.82) is 0 Å². The molecular weight excluding hydrogens is 248 g/mol. The third-order valence-electron chi connectivity index (χ3n) is 2.27. The van der Waals surface area contributed by atoms with E-state index in [0.717, 1.165) is 16.1 Å². The summed E-state index contributed by atoms with van der Waals surface area (Å²) in [5, 5.41) is 14.7. The quantitative estimate of drug-likeness (QED) is 0.820. The van der Waals surface area contributed by atoms with Gasteiger partial charge in [-0.1, -0.05) is 11.8 Å². The molecule has 0 unspecified atom stereocenters. The molecule has 4 nitrogen and oxygen atoms in total. The highest BCUT2D eigenvalue weighted by Gasteiger charge is 2.02. The fourth-order valence-electron chi connectivity index (χ4n) is 1.48. The molecule has 0 radical (unpaired) electrons. The van der Waals surface area contributed by atoms with Crippen molar-refractivity contribution in [3.8, 4) is 11.8 Å². The van der Waals surface area contributed by atoms with Crippen LogP contribution in [-0.4, -0.2) is 21.5 Å². The summed E-state index contributed by atoms with van der Waals surface area (Å²) in [7, 11) is 0. The van der Waals surface area contributed by atoms with Crippen molar-refractivity contribution >= 4 is 11.3 Å². The molecule has 2 aromatic heterocycles. The minimum Gasteiger partial charge on any atom is -0.384 e. The first kappa shape index (κ1) is 12.6. The maximum atomic E-state index is 11.6. The summed E-state index contributed by atoms with van der Waals surface area (Å²) in [5.41, 5.74) is 1.55. The molecule has 5 heteroatoms. The van der Waals surface area contributed by atoms with Crippen LogP contribution in [0.25, 0.3) is 0 Å². The molecule has 0 amide bonds. The zero-order chi connectivity index (χ0) is 13.0. The Balaban J connectivity index is 2.21. The van der Waals surface area contributed by atoms with E-state index >= 15 is 0 Å². The van der Waals surface area contributed by atoms with Crippen molar-refractivity contribution in [2.24, 2.45) is 0 Å². The standard InChI is InChI=1S/C13H12N2O2S/c1-10-4-5-13(17)15(14-10)8-12-7-11(9-18-12)3-2-6-16/h4-5,7,9,16H,6,8H2,1H3. The summed E-state index contributed by atoms with van der Waals surface area (Å²) in [6.07, 6.45) is 0. The van der Waals surface area contributed by atoms with Gasteiger partial charge in [-0.2, -0.15) is 5.10 Å². The molecule has 92 valence electrons. The van der Waals surface area contributed by atoms with E-state index in [1.165, 1.54) is 22.1 Å². The Morgan fingerprint density at radius 3 is 3.11 bits per heavy atom. The topological polar surface area (TPSA) is 55.1 Å². The third-order valence-corrected chi connectivity index (χ3v) is 3.19. The van der Waals surface area contributed by atoms with Gasteiger partial charge in [-0.25, -0.2) is 4.68 Å². The molecule has 0 aliphatic heterocycles. The van der Waals surface area contributed by atoms with Crippen LogP contribution in [0.2, 0.25) is 0 Å². The van der Waals surface area contributed by atoms with Crippen molar-refractivity contribution < 1.29 is 5.11 Å². The van der Waals surface area contributed by atoms with Crippen LogP contribution in [-0.2, 0) is 6.54 Å². The normalized spacial score (nSPS) is 9.89. The number of rotatable bonds is 2. The monoisotopic (exact) mass is 260 g/mol. The first-order valence-electron chi connectivity index (χ1n) is 5.41. The van der Waals surface area contributed by atoms with Gasteiger partial charge in [-0.15, -0.1) is 11.3 Å². The highest BCUT2D eigenvalue weighted by Crippen LogP contribution is 2.14. The van der Waals surface area contributed by atoms with Gasteiger partial charge in [0.1, 0.15) is 6.61 Å². The van der Waals surface area contributed by atoms with Crippen molar-refractivity contribution in [1.82, 2.24) is 9.78 Å². The SMILES string of the molecule is Cc1ccc(=O)n(Cc2cc(C#CCO)cs2)n1. The first-order chi connectivity index (χ1) is 8.69. The fraction of sp³-hybridized carbons (Fsp3) is 0.231. The number of nitrogens with zero attached hydrogens (tertiary/aromatic N) is 2. The number of thiophene rings is 1. The van der Waals surface area contributed by atoms with E-state index in [9.17, 15) is 4.79 Å². The molecule has 0 fully saturated rings. The van der Waals surface area contributed by atoms with E-state index in [4.69, 9.17) is 5.11 Å². The molecule has 2 aromatic rings. The molecule has 0 aliphatic rings. The van der Waals surface area contributed by atoms with Gasteiger partial charge in [0, 0.05) is 21.9 Å². The molecule has 0 atom stereocenters. The number of aryl methyl sites for hydroxylation is 1. The van der Waals surface area contributed by atoms with E-state index < -0.39 is 0 Å². The Morgan fingerprint density at radius 2 is 2.33 bits per heavy atom. The summed E-state index contributed by atoms with van der Waals surface area (Å²) in [6.45, 7) is 2.15. The predicted molar refractivity (Wildman–Crippen MR) is 70.6 cm³/mol. The van der Waals surface area contributed by atoms with E-state index in [0.29, 0.717) is 6.54 Å². The molecule has 0 bridgehead atoms. The summed E-state index contributed by atoms with van der Waals surface area (Å²) < 4.78 is 1.43. The Hall–Kier alpha value is -1.90. The largest absolute Gasteiger partial charge is 0.384 e. The second-order valence-corrected chi connectivity index (χ2v) is 4.73. The van der Waals surface area contributed by atoms with Gasteiger partial charge in [-0.3, -0.25) is 4.79 Å². The minimum atomic E-state index is -0.149. The molecular formula is C13H12N2O2S. The van der Waals surface area contributed by atoms with Crippen LogP contribution in [0.1, 0.15) is 16.1 Å². The van der Waals surface area contributed by atoms with Crippen LogP contribution in [0.4, 0.5) is 0 Å². The molecule has 0 aliphatic carbocycles. The number of hydrogen-bond acceptors (Lipinski definition) is 4. The van der Waals surface area contributed by atoms with Crippen molar-refractivity contribution in [3.63, 3.8) is 0 Å². The van der Waals surface area contributed by atoms with Gasteiger partial charge < -0.3 is 5.11 Å². The van der Waals surface area contributed by atoms with Gasteiger partial charge in [0.05, 0.1) is 12.2 Å². The van der Waals surface area contributed by atoms with E-state index in [2.05, 4.69) is 16.9 Å². The Morgan fingerprint density at radius 1 is 1.50 bits per heavy atom. The van der Waals surface area contributed by atoms with Gasteiger partial charge in [0.2, 0.25) is 0 Å². The summed E-state index contributed by atoms with van der Waals surface area (Å²) in [5.74, 6) is 5.42. The maximum absolute atomic E-state index is 11.6. The van der Waals surface area contributed by atoms with Crippen LogP contribution < -0.4 is 5.56 Å². The Kier molecular flexibility index (Phi) is 3.92. The summed E-state index contributed by atoms with van der Waals surface area (Å²) >= 11 is 1.53. The molecule has 0 saturated heterocycles. The molecule has 0 spiro atoms. The average Bonchev–Trinajstić information content (AvgIpc) is 2.79. The molecule has 0 aromatic carbocycles. The molecule has 1 N–H and O–H groups in total. The van der Waals surface area contributed by atoms with Gasteiger partial charge in [0.25, 0.3) is 5.56 Å². The van der Waals surface area contributed by atoms with Crippen LogP contribution in [0.15, 0.2) is 28.4 Å². The smallest absolute Gasteiger partial charge is 0.267 e. The second-order valence-electron chi connectivity index (χ2n) is 3.73. The minimum absolute atomic E-state index is 0.114. The first-order valence-corrected chi connectivity index (χ1v) is 6.29. The van der Waals surface area contributed by atoms with Crippen molar-refractivity contribution in [2.75, 3.05) is 6.61 Å². The lowest BCUT2D eigenvalue weighted by Gasteiger charge is -2.02. The van der Waals surface area contributed by atoms with E-state index in [-0.39, 0.29) is 12.2 Å². The summed E-state index contributed by atoms with van der Waals surface area (Å²) in [6, 6.07) is 5.12. The number of aromatic nitrogens is 2. The van der Waals surface area contributed by atoms with Crippen LogP contribution >= 0.6 is 11.3 Å². The molecule has 2 rings (SSSR count). The molecule has 0 saturated carbocycles. The predicted octanol–water partition coefficient (Wildman–Crippen LogP) is 1.01. The second kappa shape index (κ2) is 5.63. The fourth-order valence-corrected chi connectivity index (χ4v) is 2.28. The molecule has 2 heterocycles. The van der Waals surface area contributed by atoms with Gasteiger partial charge in [0.15, 0.2) is 0 Å². The summed E-state index contributed by atoms with van der Waals surface area (Å²) in [4.78, 5) is 12.6. The lowest BCUT2D eigenvalue weighted by atomic mass is 10.3. The number of aliphatic hydroxyl groups excluding tert-OH is 1. The third kappa shape index (κ3) is 3.06. The Bertz CT molecular complexity index is 661. The van der Waals surface area contributed by atoms with Crippen LogP contribution in [0.3, 0.4) is 0 Å². The van der Waals surface area contributed by atoms with Crippen molar-refractivity contribution in [3.05, 3.63) is 50.1 Å². The lowest BCUT2D eigenvalue weighted by molar-refractivity contribution is 0.350. The zero-order valence-corrected chi connectivity index (χ0v) is 10.7. The van der Waals surface area contributed by atoms with Gasteiger partial charge >= 0.3 is 0 Å². The van der Waals surface area contributed by atoms with Crippen LogP contribution in [0, 0.1) is 18.8 Å². The molecule has 18 heavy (non-hydrogen) atoms. The average molecular weight is 260 g/mol. The van der Waals surface area contributed by atoms with E-state index in [1.807, 2.05) is 18.4 Å². The number of aliphatic hydroxyl groups is 1. The van der Waals surface area contributed by atoms with Crippen LogP contribution in [0.5, 0.6) is 0 Å². The highest BCUT2D eigenvalue weighted by atomic mass is 32.1. The maximum Gasteiger partial charge on any atom is 0.267 e.